The van der Waals surface area contributed by atoms with E-state index in [4.69, 9.17) is 0 Å². The molecular formula is C29H31Cl3SiTi. The van der Waals surface area contributed by atoms with Crippen molar-refractivity contribution in [1.82, 2.24) is 0 Å². The molecule has 0 aromatic heterocycles. The van der Waals surface area contributed by atoms with E-state index in [1.54, 1.807) is 5.20 Å². The van der Waals surface area contributed by atoms with Crippen LogP contribution < -0.4 is 47.6 Å². The van der Waals surface area contributed by atoms with Crippen molar-refractivity contribution in [2.45, 2.75) is 47.1 Å². The molecule has 0 N–H and O–H groups in total. The largest absolute Gasteiger partial charge is 4.00 e. The molecule has 0 atom stereocenters. The molecule has 3 aromatic carbocycles. The van der Waals surface area contributed by atoms with E-state index in [-0.39, 0.29) is 58.9 Å². The van der Waals surface area contributed by atoms with Crippen LogP contribution in [0, 0.1) is 33.8 Å². The van der Waals surface area contributed by atoms with E-state index >= 15 is 0 Å². The first-order chi connectivity index (χ1) is 14.4. The second-order valence-electron chi connectivity index (χ2n) is 9.02. The van der Waals surface area contributed by atoms with Crippen molar-refractivity contribution < 1.29 is 58.9 Å². The van der Waals surface area contributed by atoms with Gasteiger partial charge < -0.3 is 37.2 Å². The SMILES string of the molecule is Cc1cc(C)cc([Si](C)(C2=CC[C-]=C2Cc2ccccc2)c2cc(C)cc(C)c2)c1.[Cl-].[Cl-].[Cl-].[Ti+4]. The molecule has 0 unspecified atom stereocenters. The number of rotatable bonds is 5. The van der Waals surface area contributed by atoms with Crippen LogP contribution in [0.1, 0.15) is 34.2 Å². The predicted octanol–water partition coefficient (Wildman–Crippen LogP) is -3.04. The Labute approximate surface area is 240 Å². The standard InChI is InChI=1S/C29H31Si.3ClH.Ti/c1-21-14-22(2)17-27(16-21)30(5,28-18-23(3)15-24(4)19-28)29-13-9-12-26(29)20-25-10-7-6-8-11-25;;;;/h6-8,10-11,13-19H,9,20H2,1-5H3;3*1H;/q-1;;;;+4/p-3. The van der Waals surface area contributed by atoms with Gasteiger partial charge in [0.1, 0.15) is 0 Å². The Bertz CT molecular complexity index is 1060. The van der Waals surface area contributed by atoms with Gasteiger partial charge in [-0.15, -0.1) is 6.42 Å². The summed E-state index contributed by atoms with van der Waals surface area (Å²) in [6.45, 7) is 11.4. The number of allylic oxidation sites excluding steroid dienone is 4. The van der Waals surface area contributed by atoms with E-state index in [1.165, 1.54) is 43.8 Å². The van der Waals surface area contributed by atoms with Gasteiger partial charge in [0.2, 0.25) is 0 Å². The quantitative estimate of drug-likeness (QED) is 0.230. The minimum Gasteiger partial charge on any atom is -1.00 e. The second-order valence-corrected chi connectivity index (χ2v) is 13.0. The molecule has 0 radical (unpaired) electrons. The van der Waals surface area contributed by atoms with Crippen LogP contribution >= 0.6 is 0 Å². The Morgan fingerprint density at radius 3 is 1.59 bits per heavy atom. The third kappa shape index (κ3) is 7.00. The molecular weight excluding hydrogens is 531 g/mol. The van der Waals surface area contributed by atoms with Gasteiger partial charge >= 0.3 is 21.7 Å². The van der Waals surface area contributed by atoms with Crippen LogP contribution in [0.4, 0.5) is 0 Å². The first-order valence-corrected chi connectivity index (χ1v) is 13.4. The third-order valence-electron chi connectivity index (χ3n) is 6.31. The first-order valence-electron chi connectivity index (χ1n) is 10.9. The van der Waals surface area contributed by atoms with Crippen LogP contribution in [0.25, 0.3) is 0 Å². The van der Waals surface area contributed by atoms with Crippen LogP contribution in [-0.2, 0) is 28.1 Å². The zero-order valence-corrected chi connectivity index (χ0v) is 25.3. The number of aryl methyl sites for hydroxylation is 4. The van der Waals surface area contributed by atoms with E-state index in [1.807, 2.05) is 0 Å². The van der Waals surface area contributed by atoms with Crippen molar-refractivity contribution in [1.29, 1.82) is 0 Å². The Morgan fingerprint density at radius 2 is 1.15 bits per heavy atom. The van der Waals surface area contributed by atoms with Gasteiger partial charge in [0, 0.05) is 0 Å². The Kier molecular flexibility index (Phi) is 13.4. The topological polar surface area (TPSA) is 0 Å². The molecule has 1 aliphatic rings. The number of benzene rings is 3. The van der Waals surface area contributed by atoms with Gasteiger partial charge in [-0.25, -0.2) is 5.57 Å². The summed E-state index contributed by atoms with van der Waals surface area (Å²) in [7, 11) is -2.15. The number of hydrogen-bond donors (Lipinski definition) is 0. The summed E-state index contributed by atoms with van der Waals surface area (Å²) in [6.07, 6.45) is 8.07. The fraction of sp³-hybridized carbons (Fsp3) is 0.241. The van der Waals surface area contributed by atoms with Crippen LogP contribution in [0.3, 0.4) is 0 Å². The average molecular weight is 562 g/mol. The monoisotopic (exact) mass is 560 g/mol. The molecule has 0 heterocycles. The minimum absolute atomic E-state index is 0. The summed E-state index contributed by atoms with van der Waals surface area (Å²) in [5.74, 6) is 0. The van der Waals surface area contributed by atoms with Crippen molar-refractivity contribution in [3.05, 3.63) is 117 Å². The second kappa shape index (κ2) is 13.9. The van der Waals surface area contributed by atoms with Gasteiger partial charge in [-0.1, -0.05) is 106 Å². The molecule has 0 spiro atoms. The average Bonchev–Trinajstić information content (AvgIpc) is 3.15. The Hall–Kier alpha value is -1.06. The van der Waals surface area contributed by atoms with Crippen molar-refractivity contribution in [3.8, 4) is 0 Å². The maximum Gasteiger partial charge on any atom is 4.00 e. The predicted molar refractivity (Wildman–Crippen MR) is 132 cm³/mol. The Balaban J connectivity index is 0.00000272. The van der Waals surface area contributed by atoms with E-state index in [0.29, 0.717) is 0 Å². The third-order valence-corrected chi connectivity index (χ3v) is 10.8. The van der Waals surface area contributed by atoms with Crippen LogP contribution in [-0.4, -0.2) is 8.07 Å². The number of halogens is 3. The molecule has 0 saturated carbocycles. The van der Waals surface area contributed by atoms with Gasteiger partial charge in [0.15, 0.2) is 0 Å². The molecule has 0 aliphatic heterocycles. The van der Waals surface area contributed by atoms with Gasteiger partial charge in [-0.05, 0) is 39.7 Å². The molecule has 1 aliphatic carbocycles. The van der Waals surface area contributed by atoms with Crippen molar-refractivity contribution in [2.24, 2.45) is 0 Å². The Morgan fingerprint density at radius 1 is 0.706 bits per heavy atom. The summed E-state index contributed by atoms with van der Waals surface area (Å²) < 4.78 is 0. The normalized spacial score (nSPS) is 12.3. The molecule has 5 heteroatoms. The van der Waals surface area contributed by atoms with Gasteiger partial charge in [0.05, 0.1) is 8.07 Å². The summed E-state index contributed by atoms with van der Waals surface area (Å²) in [4.78, 5) is 0. The van der Waals surface area contributed by atoms with Gasteiger partial charge in [-0.2, -0.15) is 11.3 Å². The zero-order chi connectivity index (χ0) is 21.3. The van der Waals surface area contributed by atoms with E-state index in [9.17, 15) is 0 Å². The van der Waals surface area contributed by atoms with Crippen LogP contribution in [0.2, 0.25) is 6.55 Å². The van der Waals surface area contributed by atoms with E-state index in [0.717, 1.165) is 12.8 Å². The summed E-state index contributed by atoms with van der Waals surface area (Å²) in [5.41, 5.74) is 8.17. The molecule has 0 amide bonds. The first kappa shape index (κ1) is 32.9. The van der Waals surface area contributed by atoms with Crippen molar-refractivity contribution in [3.63, 3.8) is 0 Å². The molecule has 0 nitrogen and oxygen atoms in total. The van der Waals surface area contributed by atoms with E-state index < -0.39 is 8.07 Å². The summed E-state index contributed by atoms with van der Waals surface area (Å²) in [6, 6.07) is 25.1. The molecule has 176 valence electrons. The fourth-order valence-corrected chi connectivity index (χ4v) is 9.27. The molecule has 0 fully saturated rings. The molecule has 34 heavy (non-hydrogen) atoms. The molecule has 0 bridgehead atoms. The van der Waals surface area contributed by atoms with Crippen molar-refractivity contribution >= 4 is 18.4 Å². The van der Waals surface area contributed by atoms with Crippen LogP contribution in [0.5, 0.6) is 0 Å². The fourth-order valence-electron chi connectivity index (χ4n) is 4.96. The van der Waals surface area contributed by atoms with Crippen LogP contribution in [0.15, 0.2) is 83.6 Å². The summed E-state index contributed by atoms with van der Waals surface area (Å²) in [5, 5.41) is 4.55. The van der Waals surface area contributed by atoms with E-state index in [2.05, 4.69) is 113 Å². The smallest absolute Gasteiger partial charge is 1.00 e. The molecule has 3 aromatic rings. The summed E-state index contributed by atoms with van der Waals surface area (Å²) >= 11 is 0. The maximum absolute atomic E-state index is 3.72. The molecule has 4 rings (SSSR count). The molecule has 0 saturated heterocycles. The maximum atomic E-state index is 3.72. The van der Waals surface area contributed by atoms with Gasteiger partial charge in [0.25, 0.3) is 0 Å². The van der Waals surface area contributed by atoms with Gasteiger partial charge in [-0.3, -0.25) is 6.08 Å². The zero-order valence-electron chi connectivity index (χ0n) is 20.5. The van der Waals surface area contributed by atoms with Crippen molar-refractivity contribution in [2.75, 3.05) is 0 Å². The number of hydrogen-bond acceptors (Lipinski definition) is 0. The minimum atomic E-state index is -2.15.